The molecule has 1 aliphatic heterocycles. The number of ketones is 1. The van der Waals surface area contributed by atoms with Gasteiger partial charge in [0, 0.05) is 50.8 Å². The van der Waals surface area contributed by atoms with Crippen molar-refractivity contribution in [2.75, 3.05) is 32.7 Å². The lowest BCUT2D eigenvalue weighted by Gasteiger charge is -2.29. The Morgan fingerprint density at radius 1 is 1.25 bits per heavy atom. The van der Waals surface area contributed by atoms with E-state index in [0.29, 0.717) is 6.54 Å². The summed E-state index contributed by atoms with van der Waals surface area (Å²) in [5.74, 6) is -1.71. The van der Waals surface area contributed by atoms with E-state index in [1.807, 2.05) is 0 Å². The highest BCUT2D eigenvalue weighted by Gasteiger charge is 2.25. The van der Waals surface area contributed by atoms with Crippen molar-refractivity contribution in [1.82, 2.24) is 10.2 Å². The predicted octanol–water partition coefficient (Wildman–Crippen LogP) is 0.527. The molecule has 6 heteroatoms. The first-order valence-electron chi connectivity index (χ1n) is 6.71. The lowest BCUT2D eigenvalue weighted by Crippen LogP contribution is -2.45. The van der Waals surface area contributed by atoms with Gasteiger partial charge in [0.15, 0.2) is 5.78 Å². The Morgan fingerprint density at radius 3 is 2.35 bits per heavy atom. The third-order valence-corrected chi connectivity index (χ3v) is 3.52. The van der Waals surface area contributed by atoms with Crippen LogP contribution >= 0.6 is 0 Å². The van der Waals surface area contributed by atoms with E-state index >= 15 is 0 Å². The highest BCUT2D eigenvalue weighted by Crippen LogP contribution is 2.33. The molecule has 0 amide bonds. The van der Waals surface area contributed by atoms with Crippen molar-refractivity contribution in [3.05, 3.63) is 17.7 Å². The van der Waals surface area contributed by atoms with Gasteiger partial charge in [0.25, 0.3) is 0 Å². The van der Waals surface area contributed by atoms with Crippen LogP contribution in [0.5, 0.6) is 17.2 Å². The molecule has 0 bridgehead atoms. The first-order chi connectivity index (χ1) is 9.49. The number of piperazine rings is 1. The van der Waals surface area contributed by atoms with E-state index in [4.69, 9.17) is 0 Å². The van der Waals surface area contributed by atoms with E-state index in [0.717, 1.165) is 38.3 Å². The zero-order valence-corrected chi connectivity index (χ0v) is 11.5. The highest BCUT2D eigenvalue weighted by atomic mass is 16.3. The Bertz CT molecular complexity index is 475. The van der Waals surface area contributed by atoms with E-state index in [1.54, 1.807) is 6.92 Å². The summed E-state index contributed by atoms with van der Waals surface area (Å²) in [7, 11) is 0. The van der Waals surface area contributed by atoms with Crippen LogP contribution in [0.15, 0.2) is 12.1 Å². The van der Waals surface area contributed by atoms with Gasteiger partial charge in [0.1, 0.15) is 22.8 Å². The number of Topliss-reactive ketones (excluding diaryl/α,β-unsaturated/α-hetero) is 1. The fourth-order valence-corrected chi connectivity index (χ4v) is 2.46. The van der Waals surface area contributed by atoms with Gasteiger partial charge in [-0.3, -0.25) is 4.79 Å². The molecule has 2 rings (SSSR count). The lowest BCUT2D eigenvalue weighted by atomic mass is 9.96. The molecule has 0 aliphatic carbocycles. The smallest absolute Gasteiger partial charge is 0.174 e. The molecule has 1 saturated heterocycles. The van der Waals surface area contributed by atoms with Gasteiger partial charge in [-0.2, -0.15) is 0 Å². The number of nitrogens with zero attached hydrogens (tertiary/aromatic N) is 1. The average molecular weight is 280 g/mol. The van der Waals surface area contributed by atoms with Crippen LogP contribution in [0.1, 0.15) is 17.3 Å². The fourth-order valence-electron chi connectivity index (χ4n) is 2.46. The van der Waals surface area contributed by atoms with Gasteiger partial charge in [0.05, 0.1) is 0 Å². The van der Waals surface area contributed by atoms with E-state index in [2.05, 4.69) is 10.2 Å². The molecule has 1 fully saturated rings. The minimum Gasteiger partial charge on any atom is -0.508 e. The number of aromatic hydroxyl groups is 3. The van der Waals surface area contributed by atoms with Crippen molar-refractivity contribution in [2.45, 2.75) is 6.92 Å². The minimum absolute atomic E-state index is 0.120. The first kappa shape index (κ1) is 14.6. The molecule has 4 N–H and O–H groups in total. The summed E-state index contributed by atoms with van der Waals surface area (Å²) in [6.07, 6.45) is 0. The van der Waals surface area contributed by atoms with Crippen LogP contribution < -0.4 is 5.32 Å². The summed E-state index contributed by atoms with van der Waals surface area (Å²) in [4.78, 5) is 14.5. The van der Waals surface area contributed by atoms with E-state index < -0.39 is 0 Å². The van der Waals surface area contributed by atoms with Gasteiger partial charge >= 0.3 is 0 Å². The molecule has 1 aromatic carbocycles. The van der Waals surface area contributed by atoms with E-state index in [1.165, 1.54) is 0 Å². The Balaban J connectivity index is 2.10. The molecule has 1 heterocycles. The SMILES string of the molecule is CC(CN1CCNCC1)C(=O)c1c(O)cc(O)cc1O. The van der Waals surface area contributed by atoms with Crippen LogP contribution in [0, 0.1) is 5.92 Å². The molecule has 0 saturated carbocycles. The van der Waals surface area contributed by atoms with E-state index in [9.17, 15) is 20.1 Å². The summed E-state index contributed by atoms with van der Waals surface area (Å²) < 4.78 is 0. The molecule has 1 aromatic rings. The van der Waals surface area contributed by atoms with Gasteiger partial charge in [-0.15, -0.1) is 0 Å². The van der Waals surface area contributed by atoms with Gasteiger partial charge in [-0.25, -0.2) is 0 Å². The number of hydrogen-bond acceptors (Lipinski definition) is 6. The van der Waals surface area contributed by atoms with Crippen molar-refractivity contribution in [3.8, 4) is 17.2 Å². The fraction of sp³-hybridized carbons (Fsp3) is 0.500. The molecular formula is C14H20N2O4. The summed E-state index contributed by atoms with van der Waals surface area (Å²) >= 11 is 0. The number of phenolic OH excluding ortho intramolecular Hbond substituents is 3. The number of hydrogen-bond donors (Lipinski definition) is 4. The number of nitrogens with one attached hydrogen (secondary N) is 1. The number of carbonyl (C=O) groups is 1. The largest absolute Gasteiger partial charge is 0.508 e. The second kappa shape index (κ2) is 6.11. The van der Waals surface area contributed by atoms with Crippen LogP contribution in [-0.2, 0) is 0 Å². The summed E-state index contributed by atoms with van der Waals surface area (Å²) in [6, 6.07) is 2.12. The van der Waals surface area contributed by atoms with Crippen LogP contribution in [-0.4, -0.2) is 58.7 Å². The number of carbonyl (C=O) groups excluding carboxylic acids is 1. The molecule has 0 aromatic heterocycles. The maximum Gasteiger partial charge on any atom is 0.174 e. The molecule has 1 aliphatic rings. The standard InChI is InChI=1S/C14H20N2O4/c1-9(8-16-4-2-15-3-5-16)14(20)13-11(18)6-10(17)7-12(13)19/h6-7,9,15,17-19H,2-5,8H2,1H3. The molecular weight excluding hydrogens is 260 g/mol. The second-order valence-corrected chi connectivity index (χ2v) is 5.17. The van der Waals surface area contributed by atoms with Crippen molar-refractivity contribution in [1.29, 1.82) is 0 Å². The van der Waals surface area contributed by atoms with Crippen LogP contribution in [0.25, 0.3) is 0 Å². The first-order valence-corrected chi connectivity index (χ1v) is 6.71. The third-order valence-electron chi connectivity index (χ3n) is 3.52. The minimum atomic E-state index is -0.389. The van der Waals surface area contributed by atoms with Crippen LogP contribution in [0.3, 0.4) is 0 Å². The van der Waals surface area contributed by atoms with Crippen molar-refractivity contribution >= 4 is 5.78 Å². The third kappa shape index (κ3) is 3.20. The molecule has 6 nitrogen and oxygen atoms in total. The van der Waals surface area contributed by atoms with Crippen LogP contribution in [0.4, 0.5) is 0 Å². The highest BCUT2D eigenvalue weighted by molar-refractivity contribution is 6.02. The number of rotatable bonds is 4. The summed E-state index contributed by atoms with van der Waals surface area (Å²) in [5.41, 5.74) is -0.120. The van der Waals surface area contributed by atoms with Gasteiger partial charge in [-0.05, 0) is 0 Å². The molecule has 0 spiro atoms. The van der Waals surface area contributed by atoms with Gasteiger partial charge in [0.2, 0.25) is 0 Å². The second-order valence-electron chi connectivity index (χ2n) is 5.17. The monoisotopic (exact) mass is 280 g/mol. The maximum atomic E-state index is 12.3. The van der Waals surface area contributed by atoms with E-state index in [-0.39, 0.29) is 34.5 Å². The normalized spacial score (nSPS) is 17.9. The molecule has 110 valence electrons. The summed E-state index contributed by atoms with van der Waals surface area (Å²) in [6.45, 7) is 5.92. The van der Waals surface area contributed by atoms with Crippen molar-refractivity contribution in [2.24, 2.45) is 5.92 Å². The average Bonchev–Trinajstić information content (AvgIpc) is 2.38. The topological polar surface area (TPSA) is 93.0 Å². The Hall–Kier alpha value is -1.79. The Labute approximate surface area is 117 Å². The van der Waals surface area contributed by atoms with Crippen molar-refractivity contribution < 1.29 is 20.1 Å². The predicted molar refractivity (Wildman–Crippen MR) is 74.2 cm³/mol. The van der Waals surface area contributed by atoms with Gasteiger partial charge in [-0.1, -0.05) is 6.92 Å². The Kier molecular flexibility index (Phi) is 4.46. The number of benzene rings is 1. The summed E-state index contributed by atoms with van der Waals surface area (Å²) in [5, 5.41) is 32.0. The molecule has 0 radical (unpaired) electrons. The zero-order chi connectivity index (χ0) is 14.7. The van der Waals surface area contributed by atoms with Crippen molar-refractivity contribution in [3.63, 3.8) is 0 Å². The molecule has 20 heavy (non-hydrogen) atoms. The number of phenols is 3. The zero-order valence-electron chi connectivity index (χ0n) is 11.5. The molecule has 1 unspecified atom stereocenters. The van der Waals surface area contributed by atoms with Gasteiger partial charge < -0.3 is 25.5 Å². The maximum absolute atomic E-state index is 12.3. The Morgan fingerprint density at radius 2 is 1.80 bits per heavy atom. The van der Waals surface area contributed by atoms with Crippen LogP contribution in [0.2, 0.25) is 0 Å². The lowest BCUT2D eigenvalue weighted by molar-refractivity contribution is 0.0881. The molecule has 1 atom stereocenters. The quantitative estimate of drug-likeness (QED) is 0.601.